The van der Waals surface area contributed by atoms with Gasteiger partial charge in [-0.25, -0.2) is 0 Å². The molecule has 78 valence electrons. The second-order valence-electron chi connectivity index (χ2n) is 4.15. The molecular formula is C11H16INO. The van der Waals surface area contributed by atoms with E-state index < -0.39 is 0 Å². The molecule has 0 saturated carbocycles. The van der Waals surface area contributed by atoms with Crippen molar-refractivity contribution in [3.8, 4) is 0 Å². The van der Waals surface area contributed by atoms with Crippen molar-refractivity contribution in [3.05, 3.63) is 33.4 Å². The van der Waals surface area contributed by atoms with Gasteiger partial charge in [-0.3, -0.25) is 0 Å². The highest BCUT2D eigenvalue weighted by atomic mass is 127. The van der Waals surface area contributed by atoms with Crippen molar-refractivity contribution in [2.45, 2.75) is 19.9 Å². The van der Waals surface area contributed by atoms with Crippen molar-refractivity contribution in [1.29, 1.82) is 0 Å². The van der Waals surface area contributed by atoms with Gasteiger partial charge in [-0.05, 0) is 34.2 Å². The van der Waals surface area contributed by atoms with E-state index in [9.17, 15) is 5.11 Å². The largest absolute Gasteiger partial charge is 0.396 e. The monoisotopic (exact) mass is 305 g/mol. The van der Waals surface area contributed by atoms with E-state index in [1.807, 2.05) is 38.1 Å². The first-order valence-electron chi connectivity index (χ1n) is 4.60. The van der Waals surface area contributed by atoms with Crippen molar-refractivity contribution < 1.29 is 5.11 Å². The predicted octanol–water partition coefficient (Wildman–Crippen LogP) is 2.31. The lowest BCUT2D eigenvalue weighted by Gasteiger charge is -2.30. The fourth-order valence-corrected chi connectivity index (χ4v) is 1.97. The van der Waals surface area contributed by atoms with E-state index in [1.165, 1.54) is 0 Å². The molecule has 0 spiro atoms. The number of aliphatic hydroxyl groups is 1. The first-order chi connectivity index (χ1) is 6.49. The number of nitrogens with two attached hydrogens (primary N) is 1. The van der Waals surface area contributed by atoms with Gasteiger partial charge in [0, 0.05) is 21.6 Å². The summed E-state index contributed by atoms with van der Waals surface area (Å²) in [6.07, 6.45) is 0. The highest BCUT2D eigenvalue weighted by Crippen LogP contribution is 2.32. The van der Waals surface area contributed by atoms with Crippen LogP contribution in [0, 0.1) is 8.99 Å². The minimum atomic E-state index is -0.277. The summed E-state index contributed by atoms with van der Waals surface area (Å²) >= 11 is 2.27. The van der Waals surface area contributed by atoms with E-state index in [4.69, 9.17) is 5.73 Å². The molecule has 1 aromatic carbocycles. The molecule has 0 bridgehead atoms. The third-order valence-corrected chi connectivity index (χ3v) is 3.47. The molecule has 3 heteroatoms. The van der Waals surface area contributed by atoms with Gasteiger partial charge in [-0.15, -0.1) is 0 Å². The molecule has 0 aliphatic heterocycles. The minimum absolute atomic E-state index is 0.0964. The maximum absolute atomic E-state index is 9.23. The van der Waals surface area contributed by atoms with Crippen LogP contribution in [0.15, 0.2) is 24.3 Å². The highest BCUT2D eigenvalue weighted by molar-refractivity contribution is 14.1. The van der Waals surface area contributed by atoms with Crippen LogP contribution in [-0.2, 0) is 0 Å². The van der Waals surface area contributed by atoms with Gasteiger partial charge in [-0.1, -0.05) is 32.0 Å². The van der Waals surface area contributed by atoms with Crippen LogP contribution < -0.4 is 5.73 Å². The number of rotatable bonds is 3. The Balaban J connectivity index is 3.00. The highest BCUT2D eigenvalue weighted by Gasteiger charge is 2.27. The van der Waals surface area contributed by atoms with E-state index >= 15 is 0 Å². The molecule has 14 heavy (non-hydrogen) atoms. The summed E-state index contributed by atoms with van der Waals surface area (Å²) < 4.78 is 1.15. The molecule has 2 nitrogen and oxygen atoms in total. The summed E-state index contributed by atoms with van der Waals surface area (Å²) in [5.41, 5.74) is 6.95. The van der Waals surface area contributed by atoms with Crippen LogP contribution in [0.25, 0.3) is 0 Å². The normalized spacial score (nSPS) is 14.1. The average molecular weight is 305 g/mol. The molecule has 0 fully saturated rings. The lowest BCUT2D eigenvalue weighted by molar-refractivity contribution is 0.132. The molecule has 0 amide bonds. The molecule has 3 N–H and O–H groups in total. The zero-order valence-electron chi connectivity index (χ0n) is 8.50. The average Bonchev–Trinajstić information content (AvgIpc) is 2.17. The molecule has 0 radical (unpaired) electrons. The van der Waals surface area contributed by atoms with Gasteiger partial charge in [-0.2, -0.15) is 0 Å². The van der Waals surface area contributed by atoms with Crippen molar-refractivity contribution in [1.82, 2.24) is 0 Å². The second-order valence-corrected chi connectivity index (χ2v) is 5.31. The Kier molecular flexibility index (Phi) is 3.92. The van der Waals surface area contributed by atoms with Crippen molar-refractivity contribution in [2.75, 3.05) is 6.61 Å². The Bertz CT molecular complexity index is 312. The molecule has 0 aliphatic carbocycles. The number of aliphatic hydroxyl groups excluding tert-OH is 1. The third-order valence-electron chi connectivity index (χ3n) is 2.49. The molecule has 0 heterocycles. The van der Waals surface area contributed by atoms with Gasteiger partial charge in [0.1, 0.15) is 0 Å². The first-order valence-corrected chi connectivity index (χ1v) is 5.68. The van der Waals surface area contributed by atoms with Gasteiger partial charge in [0.05, 0.1) is 0 Å². The van der Waals surface area contributed by atoms with Crippen LogP contribution in [0.2, 0.25) is 0 Å². The van der Waals surface area contributed by atoms with Gasteiger partial charge in [0.25, 0.3) is 0 Å². The van der Waals surface area contributed by atoms with Crippen LogP contribution in [-0.4, -0.2) is 11.7 Å². The number of benzene rings is 1. The number of hydrogen-bond donors (Lipinski definition) is 2. The Labute approximate surface area is 98.7 Å². The molecule has 1 aromatic rings. The molecule has 0 aromatic heterocycles. The summed E-state index contributed by atoms with van der Waals surface area (Å²) in [5, 5.41) is 9.23. The van der Waals surface area contributed by atoms with Crippen molar-refractivity contribution in [2.24, 2.45) is 11.1 Å². The summed E-state index contributed by atoms with van der Waals surface area (Å²) in [7, 11) is 0. The van der Waals surface area contributed by atoms with E-state index in [0.717, 1.165) is 9.13 Å². The van der Waals surface area contributed by atoms with Crippen LogP contribution in [0.3, 0.4) is 0 Å². The van der Waals surface area contributed by atoms with Crippen LogP contribution in [0.5, 0.6) is 0 Å². The Morgan fingerprint density at radius 2 is 2.00 bits per heavy atom. The van der Waals surface area contributed by atoms with Crippen molar-refractivity contribution >= 4 is 22.6 Å². The summed E-state index contributed by atoms with van der Waals surface area (Å²) in [6.45, 7) is 4.04. The Morgan fingerprint density at radius 1 is 1.43 bits per heavy atom. The third kappa shape index (κ3) is 2.46. The predicted molar refractivity (Wildman–Crippen MR) is 67.0 cm³/mol. The van der Waals surface area contributed by atoms with E-state index in [0.29, 0.717) is 0 Å². The zero-order chi connectivity index (χ0) is 10.8. The summed E-state index contributed by atoms with van der Waals surface area (Å²) in [6, 6.07) is 7.89. The topological polar surface area (TPSA) is 46.2 Å². The van der Waals surface area contributed by atoms with Crippen molar-refractivity contribution in [3.63, 3.8) is 0 Å². The van der Waals surface area contributed by atoms with Crippen LogP contribution in [0.4, 0.5) is 0 Å². The van der Waals surface area contributed by atoms with Gasteiger partial charge < -0.3 is 10.8 Å². The quantitative estimate of drug-likeness (QED) is 0.842. The maximum Gasteiger partial charge on any atom is 0.0500 e. The number of halogens is 1. The number of hydrogen-bond acceptors (Lipinski definition) is 2. The van der Waals surface area contributed by atoms with Crippen LogP contribution in [0.1, 0.15) is 25.5 Å². The smallest absolute Gasteiger partial charge is 0.0500 e. The minimum Gasteiger partial charge on any atom is -0.396 e. The van der Waals surface area contributed by atoms with E-state index in [1.54, 1.807) is 0 Å². The first kappa shape index (κ1) is 11.9. The Hall–Kier alpha value is -0.130. The fourth-order valence-electron chi connectivity index (χ4n) is 1.25. The SMILES string of the molecule is CC(C)(CO)[C@H](N)c1ccccc1I. The van der Waals surface area contributed by atoms with E-state index in [2.05, 4.69) is 22.6 Å². The Morgan fingerprint density at radius 3 is 2.50 bits per heavy atom. The maximum atomic E-state index is 9.23. The second kappa shape index (κ2) is 4.59. The molecule has 0 saturated heterocycles. The standard InChI is InChI=1S/C11H16INO/c1-11(2,7-14)10(13)8-5-3-4-6-9(8)12/h3-6,10,14H,7,13H2,1-2H3/t10-/m1/s1. The van der Waals surface area contributed by atoms with Gasteiger partial charge in [0.2, 0.25) is 0 Å². The molecule has 0 unspecified atom stereocenters. The summed E-state index contributed by atoms with van der Waals surface area (Å²) in [4.78, 5) is 0. The van der Waals surface area contributed by atoms with E-state index in [-0.39, 0.29) is 18.1 Å². The molecule has 0 aliphatic rings. The lowest BCUT2D eigenvalue weighted by Crippen LogP contribution is -2.32. The van der Waals surface area contributed by atoms with Gasteiger partial charge in [0.15, 0.2) is 0 Å². The zero-order valence-corrected chi connectivity index (χ0v) is 10.7. The molecule has 1 rings (SSSR count). The fraction of sp³-hybridized carbons (Fsp3) is 0.455. The lowest BCUT2D eigenvalue weighted by atomic mass is 9.82. The van der Waals surface area contributed by atoms with Gasteiger partial charge >= 0.3 is 0 Å². The molecule has 1 atom stereocenters. The summed E-state index contributed by atoms with van der Waals surface area (Å²) in [5.74, 6) is 0. The molecular weight excluding hydrogens is 289 g/mol. The van der Waals surface area contributed by atoms with Crippen LogP contribution >= 0.6 is 22.6 Å².